The number of hydrogen-bond donors (Lipinski definition) is 2. The lowest BCUT2D eigenvalue weighted by Crippen LogP contribution is -2.35. The van der Waals surface area contributed by atoms with Crippen LogP contribution < -0.4 is 11.1 Å². The number of carbonyl (C=O) groups excluding carboxylic acids is 1. The number of amides is 1. The summed E-state index contributed by atoms with van der Waals surface area (Å²) in [7, 11) is 0. The summed E-state index contributed by atoms with van der Waals surface area (Å²) >= 11 is 1.66. The van der Waals surface area contributed by atoms with Gasteiger partial charge < -0.3 is 11.1 Å². The number of aryl methyl sites for hydroxylation is 1. The van der Waals surface area contributed by atoms with Crippen LogP contribution in [0.2, 0.25) is 0 Å². The Morgan fingerprint density at radius 3 is 2.79 bits per heavy atom. The molecule has 0 saturated heterocycles. The third kappa shape index (κ3) is 4.28. The fraction of sp³-hybridized carbons (Fsp3) is 0.714. The first-order valence-corrected chi connectivity index (χ1v) is 7.95. The van der Waals surface area contributed by atoms with Crippen molar-refractivity contribution in [1.82, 2.24) is 10.3 Å². The molecule has 19 heavy (non-hydrogen) atoms. The first-order valence-electron chi connectivity index (χ1n) is 7.08. The van der Waals surface area contributed by atoms with E-state index in [-0.39, 0.29) is 11.8 Å². The average molecular weight is 281 g/mol. The minimum Gasteiger partial charge on any atom is -0.355 e. The van der Waals surface area contributed by atoms with E-state index < -0.39 is 0 Å². The number of nitrogens with two attached hydrogens (primary N) is 1. The Hall–Kier alpha value is -0.940. The Bertz CT molecular complexity index is 411. The largest absolute Gasteiger partial charge is 0.355 e. The van der Waals surface area contributed by atoms with Gasteiger partial charge in [0.15, 0.2) is 0 Å². The summed E-state index contributed by atoms with van der Waals surface area (Å²) in [5.41, 5.74) is 6.73. The van der Waals surface area contributed by atoms with Crippen molar-refractivity contribution in [3.63, 3.8) is 0 Å². The smallest absolute Gasteiger partial charge is 0.223 e. The van der Waals surface area contributed by atoms with Crippen LogP contribution in [-0.4, -0.2) is 24.0 Å². The zero-order chi connectivity index (χ0) is 13.7. The first-order chi connectivity index (χ1) is 9.19. The van der Waals surface area contributed by atoms with Crippen molar-refractivity contribution >= 4 is 17.2 Å². The molecule has 0 aromatic carbocycles. The number of nitrogens with one attached hydrogen (secondary N) is 1. The van der Waals surface area contributed by atoms with Crippen LogP contribution in [0, 0.1) is 18.8 Å². The average Bonchev–Trinajstić information content (AvgIpc) is 2.84. The van der Waals surface area contributed by atoms with Crippen molar-refractivity contribution in [2.45, 2.75) is 39.0 Å². The topological polar surface area (TPSA) is 68.0 Å². The molecule has 0 atom stereocenters. The van der Waals surface area contributed by atoms with E-state index in [1.807, 2.05) is 12.3 Å². The van der Waals surface area contributed by atoms with Gasteiger partial charge in [-0.3, -0.25) is 4.79 Å². The van der Waals surface area contributed by atoms with Gasteiger partial charge in [0.05, 0.1) is 5.01 Å². The second kappa shape index (κ2) is 7.01. The zero-order valence-corrected chi connectivity index (χ0v) is 12.3. The molecule has 1 aliphatic rings. The third-order valence-corrected chi connectivity index (χ3v) is 4.88. The van der Waals surface area contributed by atoms with Crippen LogP contribution >= 0.6 is 11.3 Å². The van der Waals surface area contributed by atoms with Crippen LogP contribution in [0.5, 0.6) is 0 Å². The maximum Gasteiger partial charge on any atom is 0.223 e. The summed E-state index contributed by atoms with van der Waals surface area (Å²) in [5, 5.41) is 6.19. The van der Waals surface area contributed by atoms with E-state index in [4.69, 9.17) is 5.73 Å². The van der Waals surface area contributed by atoms with Gasteiger partial charge in [-0.05, 0) is 45.1 Å². The summed E-state index contributed by atoms with van der Waals surface area (Å²) in [6, 6.07) is 0. The summed E-state index contributed by atoms with van der Waals surface area (Å²) < 4.78 is 0. The molecule has 0 unspecified atom stereocenters. The van der Waals surface area contributed by atoms with Gasteiger partial charge in [0.2, 0.25) is 5.91 Å². The van der Waals surface area contributed by atoms with Crippen molar-refractivity contribution in [2.75, 3.05) is 13.1 Å². The number of aromatic nitrogens is 1. The highest BCUT2D eigenvalue weighted by Crippen LogP contribution is 2.28. The summed E-state index contributed by atoms with van der Waals surface area (Å²) in [6.45, 7) is 3.45. The van der Waals surface area contributed by atoms with Gasteiger partial charge in [-0.25, -0.2) is 4.98 Å². The third-order valence-electron chi connectivity index (χ3n) is 3.86. The Morgan fingerprint density at radius 1 is 1.47 bits per heavy atom. The molecule has 0 aliphatic heterocycles. The molecule has 1 heterocycles. The normalized spacial score (nSPS) is 23.3. The van der Waals surface area contributed by atoms with Gasteiger partial charge >= 0.3 is 0 Å². The maximum atomic E-state index is 12.0. The molecule has 1 aromatic heterocycles. The molecular formula is C14H23N3OS. The van der Waals surface area contributed by atoms with E-state index in [1.165, 1.54) is 0 Å². The second-order valence-electron chi connectivity index (χ2n) is 5.38. The molecule has 3 N–H and O–H groups in total. The zero-order valence-electron chi connectivity index (χ0n) is 11.5. The quantitative estimate of drug-likeness (QED) is 0.866. The van der Waals surface area contributed by atoms with Crippen molar-refractivity contribution in [2.24, 2.45) is 17.6 Å². The van der Waals surface area contributed by atoms with Crippen molar-refractivity contribution < 1.29 is 4.79 Å². The molecule has 106 valence electrons. The Labute approximate surface area is 118 Å². The number of hydrogen-bond acceptors (Lipinski definition) is 4. The molecule has 0 radical (unpaired) electrons. The number of rotatable bonds is 5. The van der Waals surface area contributed by atoms with E-state index in [9.17, 15) is 4.79 Å². The Balaban J connectivity index is 1.67. The highest BCUT2D eigenvalue weighted by Gasteiger charge is 2.25. The number of carbonyl (C=O) groups is 1. The molecule has 1 saturated carbocycles. The Morgan fingerprint density at radius 2 is 2.21 bits per heavy atom. The van der Waals surface area contributed by atoms with Crippen LogP contribution in [-0.2, 0) is 11.2 Å². The van der Waals surface area contributed by atoms with Gasteiger partial charge in [0, 0.05) is 30.0 Å². The lowest BCUT2D eigenvalue weighted by molar-refractivity contribution is -0.126. The van der Waals surface area contributed by atoms with Gasteiger partial charge in [-0.15, -0.1) is 11.3 Å². The fourth-order valence-corrected chi connectivity index (χ4v) is 3.39. The SMILES string of the molecule is Cc1csc(CCNC(=O)C2CCC(CN)CC2)n1. The fourth-order valence-electron chi connectivity index (χ4n) is 2.61. The molecule has 2 rings (SSSR count). The first kappa shape index (κ1) is 14.5. The number of thiazole rings is 1. The molecule has 0 spiro atoms. The Kier molecular flexibility index (Phi) is 5.34. The molecule has 1 aliphatic carbocycles. The molecular weight excluding hydrogens is 258 g/mol. The van der Waals surface area contributed by atoms with Gasteiger partial charge in [-0.1, -0.05) is 0 Å². The van der Waals surface area contributed by atoms with Crippen LogP contribution in [0.1, 0.15) is 36.4 Å². The lowest BCUT2D eigenvalue weighted by atomic mass is 9.81. The van der Waals surface area contributed by atoms with Crippen LogP contribution in [0.3, 0.4) is 0 Å². The molecule has 4 nitrogen and oxygen atoms in total. The van der Waals surface area contributed by atoms with Crippen LogP contribution in [0.25, 0.3) is 0 Å². The molecule has 5 heteroatoms. The van der Waals surface area contributed by atoms with Crippen molar-refractivity contribution in [3.05, 3.63) is 16.1 Å². The standard InChI is InChI=1S/C14H23N3OS/c1-10-9-19-13(17-10)6-7-16-14(18)12-4-2-11(8-15)3-5-12/h9,11-12H,2-8,15H2,1H3,(H,16,18). The second-order valence-corrected chi connectivity index (χ2v) is 6.32. The number of nitrogens with zero attached hydrogens (tertiary/aromatic N) is 1. The highest BCUT2D eigenvalue weighted by molar-refractivity contribution is 7.09. The van der Waals surface area contributed by atoms with E-state index in [2.05, 4.69) is 10.3 Å². The van der Waals surface area contributed by atoms with Gasteiger partial charge in [0.25, 0.3) is 0 Å². The minimum atomic E-state index is 0.195. The van der Waals surface area contributed by atoms with Gasteiger partial charge in [-0.2, -0.15) is 0 Å². The molecule has 1 amide bonds. The van der Waals surface area contributed by atoms with Crippen LogP contribution in [0.4, 0.5) is 0 Å². The highest BCUT2D eigenvalue weighted by atomic mass is 32.1. The summed E-state index contributed by atoms with van der Waals surface area (Å²) in [4.78, 5) is 16.4. The minimum absolute atomic E-state index is 0.195. The summed E-state index contributed by atoms with van der Waals surface area (Å²) in [5.74, 6) is 1.03. The van der Waals surface area contributed by atoms with E-state index >= 15 is 0 Å². The van der Waals surface area contributed by atoms with Crippen molar-refractivity contribution in [3.8, 4) is 0 Å². The predicted molar refractivity (Wildman–Crippen MR) is 78.1 cm³/mol. The molecule has 1 aromatic rings. The monoisotopic (exact) mass is 281 g/mol. The molecule has 1 fully saturated rings. The van der Waals surface area contributed by atoms with E-state index in [0.29, 0.717) is 12.5 Å². The maximum absolute atomic E-state index is 12.0. The van der Waals surface area contributed by atoms with Gasteiger partial charge in [0.1, 0.15) is 0 Å². The van der Waals surface area contributed by atoms with E-state index in [1.54, 1.807) is 11.3 Å². The van der Waals surface area contributed by atoms with Crippen molar-refractivity contribution in [1.29, 1.82) is 0 Å². The summed E-state index contributed by atoms with van der Waals surface area (Å²) in [6.07, 6.45) is 5.01. The predicted octanol–water partition coefficient (Wildman–Crippen LogP) is 1.88. The van der Waals surface area contributed by atoms with Crippen LogP contribution in [0.15, 0.2) is 5.38 Å². The lowest BCUT2D eigenvalue weighted by Gasteiger charge is -2.26. The molecule has 0 bridgehead atoms. The van der Waals surface area contributed by atoms with E-state index in [0.717, 1.165) is 49.4 Å².